The van der Waals surface area contributed by atoms with Crippen LogP contribution in [0.15, 0.2) is 59.7 Å². The first-order valence-corrected chi connectivity index (χ1v) is 9.79. The van der Waals surface area contributed by atoms with Crippen molar-refractivity contribution < 1.29 is 0 Å². The number of benzene rings is 1. The van der Waals surface area contributed by atoms with E-state index >= 15 is 0 Å². The van der Waals surface area contributed by atoms with Crippen LogP contribution >= 0.6 is 22.9 Å². The molecule has 4 aromatic heterocycles. The van der Waals surface area contributed by atoms with Gasteiger partial charge in [-0.2, -0.15) is 0 Å². The molecule has 0 aliphatic heterocycles. The maximum absolute atomic E-state index is 11.8. The van der Waals surface area contributed by atoms with E-state index in [4.69, 9.17) is 16.6 Å². The average Bonchev–Trinajstić information content (AvgIpc) is 3.13. The molecule has 0 saturated heterocycles. The number of rotatable bonds is 2. The van der Waals surface area contributed by atoms with Gasteiger partial charge in [0.25, 0.3) is 0 Å². The maximum Gasteiger partial charge on any atom is 0.249 e. The molecule has 0 fully saturated rings. The summed E-state index contributed by atoms with van der Waals surface area (Å²) in [6, 6.07) is 13.1. The Labute approximate surface area is 168 Å². The Bertz CT molecular complexity index is 1420. The zero-order valence-electron chi connectivity index (χ0n) is 14.7. The molecule has 1 aromatic carbocycles. The van der Waals surface area contributed by atoms with Crippen molar-refractivity contribution in [3.05, 3.63) is 75.2 Å². The lowest BCUT2D eigenvalue weighted by atomic mass is 10.00. The van der Waals surface area contributed by atoms with Gasteiger partial charge in [0.15, 0.2) is 0 Å². The predicted molar refractivity (Wildman–Crippen MR) is 114 cm³/mol. The Kier molecular flexibility index (Phi) is 3.96. The second-order valence-electron chi connectivity index (χ2n) is 6.42. The van der Waals surface area contributed by atoms with Crippen molar-refractivity contribution in [2.45, 2.75) is 6.92 Å². The molecule has 5 rings (SSSR count). The van der Waals surface area contributed by atoms with E-state index in [9.17, 15) is 4.79 Å². The van der Waals surface area contributed by atoms with Crippen LogP contribution in [-0.2, 0) is 0 Å². The van der Waals surface area contributed by atoms with E-state index in [2.05, 4.69) is 21.0 Å². The highest BCUT2D eigenvalue weighted by molar-refractivity contribution is 7.15. The van der Waals surface area contributed by atoms with Gasteiger partial charge < -0.3 is 4.98 Å². The number of halogens is 1. The lowest BCUT2D eigenvalue weighted by Crippen LogP contribution is -2.04. The zero-order valence-corrected chi connectivity index (χ0v) is 16.3. The average molecular weight is 405 g/mol. The molecular formula is C21H13ClN4OS. The number of hydrogen-bond acceptors (Lipinski definition) is 5. The van der Waals surface area contributed by atoms with Gasteiger partial charge in [0.1, 0.15) is 5.65 Å². The van der Waals surface area contributed by atoms with Crippen molar-refractivity contribution in [2.24, 2.45) is 0 Å². The number of H-pyrrole nitrogens is 1. The molecule has 7 heteroatoms. The summed E-state index contributed by atoms with van der Waals surface area (Å²) in [5.41, 5.74) is 3.76. The fraction of sp³-hybridized carbons (Fsp3) is 0.0476. The molecule has 5 aromatic rings. The van der Waals surface area contributed by atoms with Crippen molar-refractivity contribution in [2.75, 3.05) is 0 Å². The van der Waals surface area contributed by atoms with Crippen LogP contribution in [0.3, 0.4) is 0 Å². The Morgan fingerprint density at radius 3 is 2.79 bits per heavy atom. The van der Waals surface area contributed by atoms with Crippen molar-refractivity contribution in [1.82, 2.24) is 19.9 Å². The van der Waals surface area contributed by atoms with Crippen LogP contribution in [0.5, 0.6) is 0 Å². The van der Waals surface area contributed by atoms with Crippen molar-refractivity contribution in [3.63, 3.8) is 0 Å². The highest BCUT2D eigenvalue weighted by Gasteiger charge is 2.16. The summed E-state index contributed by atoms with van der Waals surface area (Å²) in [5, 5.41) is 3.34. The summed E-state index contributed by atoms with van der Waals surface area (Å²) in [6.45, 7) is 1.95. The Balaban J connectivity index is 1.85. The summed E-state index contributed by atoms with van der Waals surface area (Å²) in [4.78, 5) is 29.0. The predicted octanol–water partition coefficient (Wildman–Crippen LogP) is 5.22. The quantitative estimate of drug-likeness (QED) is 0.437. The third kappa shape index (κ3) is 2.87. The molecule has 28 heavy (non-hydrogen) atoms. The minimum Gasteiger partial charge on any atom is -0.307 e. The lowest BCUT2D eigenvalue weighted by molar-refractivity contribution is 1.23. The number of fused-ring (bicyclic) bond motifs is 2. The topological polar surface area (TPSA) is 71.5 Å². The zero-order chi connectivity index (χ0) is 19.3. The number of nitrogens with one attached hydrogen (secondary N) is 1. The van der Waals surface area contributed by atoms with Crippen LogP contribution in [0.4, 0.5) is 0 Å². The molecule has 0 radical (unpaired) electrons. The molecule has 0 amide bonds. The Hall–Kier alpha value is -3.09. The van der Waals surface area contributed by atoms with Gasteiger partial charge in [-0.1, -0.05) is 17.7 Å². The van der Waals surface area contributed by atoms with Gasteiger partial charge in [0, 0.05) is 34.8 Å². The highest BCUT2D eigenvalue weighted by atomic mass is 35.5. The largest absolute Gasteiger partial charge is 0.307 e. The molecule has 0 aliphatic carbocycles. The first-order valence-electron chi connectivity index (χ1n) is 8.60. The van der Waals surface area contributed by atoms with E-state index in [0.29, 0.717) is 10.7 Å². The summed E-state index contributed by atoms with van der Waals surface area (Å²) < 4.78 is 0. The van der Waals surface area contributed by atoms with E-state index < -0.39 is 0 Å². The smallest absolute Gasteiger partial charge is 0.249 e. The van der Waals surface area contributed by atoms with E-state index in [1.165, 1.54) is 6.07 Å². The molecule has 0 unspecified atom stereocenters. The molecule has 136 valence electrons. The standard InChI is InChI=1S/C21H13ClN4OS/c1-11-24-10-17(28-11)20-15(8-13-4-5-18(27)25-21(13)26-20)14-7-12-3-2-6-23-19(12)16(22)9-14/h2-10H,1H3,(H,25,26,27). The fourth-order valence-corrected chi connectivity index (χ4v) is 4.32. The first-order chi connectivity index (χ1) is 13.6. The highest BCUT2D eigenvalue weighted by Crippen LogP contribution is 2.38. The fourth-order valence-electron chi connectivity index (χ4n) is 3.26. The molecule has 5 nitrogen and oxygen atoms in total. The van der Waals surface area contributed by atoms with Crippen molar-refractivity contribution >= 4 is 44.9 Å². The summed E-state index contributed by atoms with van der Waals surface area (Å²) in [5.74, 6) is 0. The number of thiazole rings is 1. The van der Waals surface area contributed by atoms with Crippen LogP contribution in [0, 0.1) is 6.92 Å². The van der Waals surface area contributed by atoms with Crippen molar-refractivity contribution in [1.29, 1.82) is 0 Å². The van der Waals surface area contributed by atoms with Gasteiger partial charge in [0.2, 0.25) is 5.56 Å². The Morgan fingerprint density at radius 2 is 1.96 bits per heavy atom. The van der Waals surface area contributed by atoms with Crippen LogP contribution in [0.1, 0.15) is 5.01 Å². The van der Waals surface area contributed by atoms with Gasteiger partial charge in [-0.15, -0.1) is 11.3 Å². The van der Waals surface area contributed by atoms with Crippen LogP contribution < -0.4 is 5.56 Å². The van der Waals surface area contributed by atoms with E-state index in [1.54, 1.807) is 23.6 Å². The third-order valence-electron chi connectivity index (χ3n) is 4.53. The second kappa shape index (κ2) is 6.51. The van der Waals surface area contributed by atoms with Crippen molar-refractivity contribution in [3.8, 4) is 21.7 Å². The van der Waals surface area contributed by atoms with Gasteiger partial charge in [-0.3, -0.25) is 9.78 Å². The van der Waals surface area contributed by atoms with Crippen LogP contribution in [-0.4, -0.2) is 19.9 Å². The first kappa shape index (κ1) is 17.0. The Morgan fingerprint density at radius 1 is 1.07 bits per heavy atom. The monoisotopic (exact) mass is 404 g/mol. The minimum atomic E-state index is -0.181. The molecule has 0 aliphatic rings. The number of nitrogens with zero attached hydrogens (tertiary/aromatic N) is 3. The van der Waals surface area contributed by atoms with Gasteiger partial charge >= 0.3 is 0 Å². The SMILES string of the molecule is Cc1ncc(-c2nc3[nH]c(=O)ccc3cc2-c2cc(Cl)c3ncccc3c2)s1. The number of aromatic nitrogens is 4. The molecule has 0 spiro atoms. The van der Waals surface area contributed by atoms with Gasteiger partial charge in [-0.25, -0.2) is 9.97 Å². The van der Waals surface area contributed by atoms with Gasteiger partial charge in [0.05, 0.1) is 26.1 Å². The van der Waals surface area contributed by atoms with Crippen LogP contribution in [0.25, 0.3) is 43.6 Å². The van der Waals surface area contributed by atoms with Gasteiger partial charge in [-0.05, 0) is 42.8 Å². The van der Waals surface area contributed by atoms with Crippen LogP contribution in [0.2, 0.25) is 5.02 Å². The molecule has 4 heterocycles. The molecular weight excluding hydrogens is 392 g/mol. The third-order valence-corrected chi connectivity index (χ3v) is 5.74. The number of hydrogen-bond donors (Lipinski definition) is 1. The van der Waals surface area contributed by atoms with E-state index in [0.717, 1.165) is 43.0 Å². The summed E-state index contributed by atoms with van der Waals surface area (Å²) in [7, 11) is 0. The number of aryl methyl sites for hydroxylation is 1. The molecule has 0 bridgehead atoms. The summed E-state index contributed by atoms with van der Waals surface area (Å²) in [6.07, 6.45) is 3.54. The number of aromatic amines is 1. The normalized spacial score (nSPS) is 11.4. The maximum atomic E-state index is 11.8. The minimum absolute atomic E-state index is 0.181. The molecule has 1 N–H and O–H groups in total. The lowest BCUT2D eigenvalue weighted by Gasteiger charge is -2.11. The van der Waals surface area contributed by atoms with E-state index in [-0.39, 0.29) is 5.56 Å². The molecule has 0 atom stereocenters. The number of pyridine rings is 3. The summed E-state index contributed by atoms with van der Waals surface area (Å²) >= 11 is 8.07. The second-order valence-corrected chi connectivity index (χ2v) is 8.06. The van der Waals surface area contributed by atoms with E-state index in [1.807, 2.05) is 37.4 Å². The molecule has 0 saturated carbocycles.